The fourth-order valence-corrected chi connectivity index (χ4v) is 2.55. The molecule has 0 saturated heterocycles. The first kappa shape index (κ1) is 14.8. The number of allylic oxidation sites excluding steroid dienone is 1. The number of anilines is 1. The smallest absolute Gasteiger partial charge is 0.252 e. The zero-order valence-electron chi connectivity index (χ0n) is 12.4. The molecule has 1 aromatic heterocycles. The largest absolute Gasteiger partial charge is 0.355 e. The fourth-order valence-electron chi connectivity index (χ4n) is 2.55. The van der Waals surface area contributed by atoms with Crippen molar-refractivity contribution in [1.29, 1.82) is 0 Å². The second-order valence-corrected chi connectivity index (χ2v) is 5.47. The number of aryl methyl sites for hydroxylation is 1. The number of hydrogen-bond acceptors (Lipinski definition) is 3. The maximum Gasteiger partial charge on any atom is 0.252 e. The summed E-state index contributed by atoms with van der Waals surface area (Å²) in [5, 5.41) is 3.24. The SMILES string of the molecule is CCCCc1cc(=O)[nH]c(NCCC2=CCCCC2)n1. The lowest BCUT2D eigenvalue weighted by atomic mass is 9.97. The number of nitrogens with one attached hydrogen (secondary N) is 2. The highest BCUT2D eigenvalue weighted by atomic mass is 16.1. The molecule has 1 aromatic rings. The summed E-state index contributed by atoms with van der Waals surface area (Å²) in [5.74, 6) is 0.611. The van der Waals surface area contributed by atoms with Gasteiger partial charge in [0.15, 0.2) is 0 Å². The molecule has 0 saturated carbocycles. The van der Waals surface area contributed by atoms with Crippen molar-refractivity contribution >= 4 is 5.95 Å². The highest BCUT2D eigenvalue weighted by molar-refractivity contribution is 5.25. The molecule has 1 heterocycles. The highest BCUT2D eigenvalue weighted by Gasteiger charge is 2.04. The zero-order chi connectivity index (χ0) is 14.2. The van der Waals surface area contributed by atoms with E-state index in [-0.39, 0.29) is 5.56 Å². The van der Waals surface area contributed by atoms with Gasteiger partial charge in [-0.1, -0.05) is 25.0 Å². The van der Waals surface area contributed by atoms with Gasteiger partial charge in [-0.15, -0.1) is 0 Å². The summed E-state index contributed by atoms with van der Waals surface area (Å²) in [4.78, 5) is 18.8. The molecular weight excluding hydrogens is 250 g/mol. The van der Waals surface area contributed by atoms with E-state index in [1.165, 1.54) is 31.3 Å². The third-order valence-corrected chi connectivity index (χ3v) is 3.70. The molecule has 2 rings (SSSR count). The third kappa shape index (κ3) is 4.83. The summed E-state index contributed by atoms with van der Waals surface area (Å²) >= 11 is 0. The van der Waals surface area contributed by atoms with Crippen molar-refractivity contribution in [3.63, 3.8) is 0 Å². The van der Waals surface area contributed by atoms with Gasteiger partial charge >= 0.3 is 0 Å². The Kier molecular flexibility index (Phi) is 5.84. The standard InChI is InChI=1S/C16H25N3O/c1-2-3-9-14-12-15(20)19-16(18-14)17-11-10-13-7-5-4-6-8-13/h7,12H,2-6,8-11H2,1H3,(H2,17,18,19,20). The molecule has 2 N–H and O–H groups in total. The Morgan fingerprint density at radius 3 is 3.00 bits per heavy atom. The Bertz CT molecular complexity index is 505. The number of hydrogen-bond donors (Lipinski definition) is 2. The van der Waals surface area contributed by atoms with Crippen molar-refractivity contribution in [2.45, 2.75) is 58.3 Å². The molecule has 0 aliphatic heterocycles. The number of nitrogens with zero attached hydrogens (tertiary/aromatic N) is 1. The molecule has 4 heteroatoms. The minimum Gasteiger partial charge on any atom is -0.355 e. The van der Waals surface area contributed by atoms with E-state index in [4.69, 9.17) is 0 Å². The lowest BCUT2D eigenvalue weighted by molar-refractivity contribution is 0.678. The minimum atomic E-state index is -0.0644. The lowest BCUT2D eigenvalue weighted by Crippen LogP contribution is -2.15. The van der Waals surface area contributed by atoms with Crippen LogP contribution in [0, 0.1) is 0 Å². The number of rotatable bonds is 7. The molecule has 0 unspecified atom stereocenters. The van der Waals surface area contributed by atoms with Crippen LogP contribution in [0.1, 0.15) is 57.6 Å². The molecule has 0 fully saturated rings. The summed E-state index contributed by atoms with van der Waals surface area (Å²) in [7, 11) is 0. The highest BCUT2D eigenvalue weighted by Crippen LogP contribution is 2.19. The molecule has 0 atom stereocenters. The van der Waals surface area contributed by atoms with Crippen molar-refractivity contribution in [3.05, 3.63) is 33.8 Å². The van der Waals surface area contributed by atoms with E-state index in [0.29, 0.717) is 5.95 Å². The first-order valence-corrected chi connectivity index (χ1v) is 7.80. The average Bonchev–Trinajstić information content (AvgIpc) is 2.46. The Morgan fingerprint density at radius 2 is 2.25 bits per heavy atom. The average molecular weight is 275 g/mol. The van der Waals surface area contributed by atoms with Gasteiger partial charge in [0.2, 0.25) is 5.95 Å². The van der Waals surface area contributed by atoms with Crippen molar-refractivity contribution in [3.8, 4) is 0 Å². The molecule has 1 aliphatic carbocycles. The topological polar surface area (TPSA) is 57.8 Å². The van der Waals surface area contributed by atoms with E-state index in [9.17, 15) is 4.79 Å². The van der Waals surface area contributed by atoms with E-state index >= 15 is 0 Å². The normalized spacial score (nSPS) is 14.9. The van der Waals surface area contributed by atoms with Crippen LogP contribution in [0.5, 0.6) is 0 Å². The Hall–Kier alpha value is -1.58. The van der Waals surface area contributed by atoms with Crippen molar-refractivity contribution < 1.29 is 0 Å². The number of H-pyrrole nitrogens is 1. The van der Waals surface area contributed by atoms with Gasteiger partial charge in [-0.3, -0.25) is 9.78 Å². The number of unbranched alkanes of at least 4 members (excludes halogenated alkanes) is 1. The summed E-state index contributed by atoms with van der Waals surface area (Å²) in [6.07, 6.45) is 11.5. The van der Waals surface area contributed by atoms with Gasteiger partial charge in [-0.25, -0.2) is 4.98 Å². The summed E-state index contributed by atoms with van der Waals surface area (Å²) < 4.78 is 0. The van der Waals surface area contributed by atoms with Crippen LogP contribution in [-0.2, 0) is 6.42 Å². The van der Waals surface area contributed by atoms with E-state index in [1.807, 2.05) is 0 Å². The molecule has 0 bridgehead atoms. The molecule has 0 radical (unpaired) electrons. The number of aromatic amines is 1. The summed E-state index contributed by atoms with van der Waals surface area (Å²) in [5.41, 5.74) is 2.36. The Morgan fingerprint density at radius 1 is 1.35 bits per heavy atom. The monoisotopic (exact) mass is 275 g/mol. The van der Waals surface area contributed by atoms with Crippen molar-refractivity contribution in [2.75, 3.05) is 11.9 Å². The van der Waals surface area contributed by atoms with Crippen LogP contribution >= 0.6 is 0 Å². The second kappa shape index (κ2) is 7.88. The Labute approximate surface area is 120 Å². The van der Waals surface area contributed by atoms with Gasteiger partial charge in [-0.05, 0) is 44.9 Å². The van der Waals surface area contributed by atoms with Crippen LogP contribution in [-0.4, -0.2) is 16.5 Å². The number of aromatic nitrogens is 2. The lowest BCUT2D eigenvalue weighted by Gasteiger charge is -2.13. The molecule has 20 heavy (non-hydrogen) atoms. The van der Waals surface area contributed by atoms with Crippen LogP contribution in [0.4, 0.5) is 5.95 Å². The molecular formula is C16H25N3O. The van der Waals surface area contributed by atoms with Crippen LogP contribution in [0.3, 0.4) is 0 Å². The maximum atomic E-state index is 11.6. The summed E-state index contributed by atoms with van der Waals surface area (Å²) in [6.45, 7) is 2.98. The second-order valence-electron chi connectivity index (χ2n) is 5.47. The van der Waals surface area contributed by atoms with Crippen LogP contribution in [0.25, 0.3) is 0 Å². The first-order chi connectivity index (χ1) is 9.78. The van der Waals surface area contributed by atoms with Crippen LogP contribution in [0.15, 0.2) is 22.5 Å². The predicted octanol–water partition coefficient (Wildman–Crippen LogP) is 3.41. The maximum absolute atomic E-state index is 11.6. The summed E-state index contributed by atoms with van der Waals surface area (Å²) in [6, 6.07) is 1.60. The Balaban J connectivity index is 1.86. The quantitative estimate of drug-likeness (QED) is 0.750. The van der Waals surface area contributed by atoms with Crippen LogP contribution < -0.4 is 10.9 Å². The van der Waals surface area contributed by atoms with Gasteiger partial charge in [0.25, 0.3) is 5.56 Å². The third-order valence-electron chi connectivity index (χ3n) is 3.70. The van der Waals surface area contributed by atoms with Gasteiger partial charge in [-0.2, -0.15) is 0 Å². The molecule has 1 aliphatic rings. The van der Waals surface area contributed by atoms with E-state index in [2.05, 4.69) is 28.3 Å². The van der Waals surface area contributed by atoms with E-state index in [1.54, 1.807) is 6.07 Å². The zero-order valence-corrected chi connectivity index (χ0v) is 12.4. The van der Waals surface area contributed by atoms with Gasteiger partial charge in [0.05, 0.1) is 0 Å². The van der Waals surface area contributed by atoms with E-state index in [0.717, 1.165) is 37.9 Å². The molecule has 0 amide bonds. The van der Waals surface area contributed by atoms with Crippen LogP contribution in [0.2, 0.25) is 0 Å². The van der Waals surface area contributed by atoms with Gasteiger partial charge in [0.1, 0.15) is 0 Å². The van der Waals surface area contributed by atoms with Gasteiger partial charge in [0, 0.05) is 18.3 Å². The van der Waals surface area contributed by atoms with Crippen molar-refractivity contribution in [2.24, 2.45) is 0 Å². The molecule has 0 spiro atoms. The fraction of sp³-hybridized carbons (Fsp3) is 0.625. The molecule has 4 nitrogen and oxygen atoms in total. The molecule has 110 valence electrons. The predicted molar refractivity (Wildman–Crippen MR) is 83.1 cm³/mol. The molecule has 0 aromatic carbocycles. The first-order valence-electron chi connectivity index (χ1n) is 7.80. The van der Waals surface area contributed by atoms with Crippen molar-refractivity contribution in [1.82, 2.24) is 9.97 Å². The minimum absolute atomic E-state index is 0.0644. The van der Waals surface area contributed by atoms with E-state index < -0.39 is 0 Å². The van der Waals surface area contributed by atoms with Gasteiger partial charge < -0.3 is 5.32 Å².